The molecule has 0 unspecified atom stereocenters. The summed E-state index contributed by atoms with van der Waals surface area (Å²) in [4.78, 5) is 30.1. The molecule has 1 aromatic heterocycles. The zero-order chi connectivity index (χ0) is 14.7. The fraction of sp³-hybridized carbons (Fsp3) is 0. The summed E-state index contributed by atoms with van der Waals surface area (Å²) in [6, 6.07) is 3.56. The van der Waals surface area contributed by atoms with Crippen LogP contribution in [0.25, 0.3) is 0 Å². The Morgan fingerprint density at radius 3 is 2.45 bits per heavy atom. The predicted molar refractivity (Wildman–Crippen MR) is 68.4 cm³/mol. The van der Waals surface area contributed by atoms with E-state index in [1.54, 1.807) is 0 Å². The van der Waals surface area contributed by atoms with Crippen molar-refractivity contribution in [3.63, 3.8) is 0 Å². The quantitative estimate of drug-likeness (QED) is 0.906. The Hall–Kier alpha value is -2.54. The number of nitrogens with zero attached hydrogens (tertiary/aromatic N) is 2. The number of aromatic carboxylic acids is 1. The van der Waals surface area contributed by atoms with E-state index in [1.807, 2.05) is 0 Å². The normalized spacial score (nSPS) is 10.1. The van der Waals surface area contributed by atoms with Gasteiger partial charge in [0.1, 0.15) is 5.82 Å². The van der Waals surface area contributed by atoms with Gasteiger partial charge < -0.3 is 10.4 Å². The lowest BCUT2D eigenvalue weighted by Crippen LogP contribution is -2.19. The Balaban J connectivity index is 2.28. The first-order valence-corrected chi connectivity index (χ1v) is 5.67. The summed E-state index contributed by atoms with van der Waals surface area (Å²) >= 11 is 5.58. The number of carboxylic acid groups (broad SMARTS) is 1. The van der Waals surface area contributed by atoms with E-state index in [0.717, 1.165) is 12.3 Å². The number of nitrogens with one attached hydrogen (secondary N) is 1. The second-order valence-corrected chi connectivity index (χ2v) is 4.05. The molecule has 1 amide bonds. The van der Waals surface area contributed by atoms with Crippen molar-refractivity contribution in [3.05, 3.63) is 52.8 Å². The lowest BCUT2D eigenvalue weighted by molar-refractivity contribution is 0.0685. The molecule has 0 aliphatic carbocycles. The summed E-state index contributed by atoms with van der Waals surface area (Å²) in [5, 5.41) is 11.1. The van der Waals surface area contributed by atoms with Gasteiger partial charge in [-0.1, -0.05) is 11.6 Å². The van der Waals surface area contributed by atoms with Crippen LogP contribution in [0.1, 0.15) is 21.0 Å². The highest BCUT2D eigenvalue weighted by Crippen LogP contribution is 2.19. The summed E-state index contributed by atoms with van der Waals surface area (Å²) in [6.45, 7) is 0. The minimum absolute atomic E-state index is 0.166. The maximum atomic E-state index is 13.0. The van der Waals surface area contributed by atoms with Crippen LogP contribution in [0.15, 0.2) is 30.6 Å². The van der Waals surface area contributed by atoms with Crippen molar-refractivity contribution >= 4 is 29.2 Å². The molecular weight excluding hydrogens is 289 g/mol. The first-order chi connectivity index (χ1) is 9.49. The summed E-state index contributed by atoms with van der Waals surface area (Å²) in [6.07, 6.45) is 2.36. The van der Waals surface area contributed by atoms with Crippen LogP contribution in [0.3, 0.4) is 0 Å². The SMILES string of the molecule is O=C(O)c1nccnc1C(=O)Nc1ccc(F)c(Cl)c1. The van der Waals surface area contributed by atoms with Gasteiger partial charge in [0.05, 0.1) is 5.02 Å². The molecule has 0 saturated carbocycles. The maximum absolute atomic E-state index is 13.0. The third kappa shape index (κ3) is 2.89. The van der Waals surface area contributed by atoms with Crippen LogP contribution in [-0.2, 0) is 0 Å². The molecule has 8 heteroatoms. The minimum atomic E-state index is -1.37. The number of rotatable bonds is 3. The molecule has 0 fully saturated rings. The van der Waals surface area contributed by atoms with Crippen molar-refractivity contribution in [3.8, 4) is 0 Å². The molecule has 6 nitrogen and oxygen atoms in total. The summed E-state index contributed by atoms with van der Waals surface area (Å²) in [5.74, 6) is -2.78. The van der Waals surface area contributed by atoms with Crippen LogP contribution in [0, 0.1) is 5.82 Å². The predicted octanol–water partition coefficient (Wildman–Crippen LogP) is 2.22. The molecular formula is C12H7ClFN3O3. The molecule has 0 atom stereocenters. The third-order valence-electron chi connectivity index (χ3n) is 2.29. The Bertz CT molecular complexity index is 693. The van der Waals surface area contributed by atoms with Gasteiger partial charge in [-0.2, -0.15) is 0 Å². The highest BCUT2D eigenvalue weighted by atomic mass is 35.5. The number of hydrogen-bond acceptors (Lipinski definition) is 4. The van der Waals surface area contributed by atoms with Gasteiger partial charge in [0.25, 0.3) is 5.91 Å². The Labute approximate surface area is 117 Å². The number of hydrogen-bond donors (Lipinski definition) is 2. The van der Waals surface area contributed by atoms with Crippen LogP contribution < -0.4 is 5.32 Å². The Morgan fingerprint density at radius 2 is 1.85 bits per heavy atom. The lowest BCUT2D eigenvalue weighted by atomic mass is 10.2. The van der Waals surface area contributed by atoms with E-state index < -0.39 is 23.4 Å². The molecule has 0 spiro atoms. The van der Waals surface area contributed by atoms with Gasteiger partial charge in [0.2, 0.25) is 0 Å². The number of benzene rings is 1. The molecule has 0 bridgehead atoms. The van der Waals surface area contributed by atoms with Crippen molar-refractivity contribution in [2.24, 2.45) is 0 Å². The van der Waals surface area contributed by atoms with E-state index in [1.165, 1.54) is 18.3 Å². The molecule has 20 heavy (non-hydrogen) atoms. The average Bonchev–Trinajstić information content (AvgIpc) is 2.43. The molecule has 1 heterocycles. The van der Waals surface area contributed by atoms with Gasteiger partial charge in [0, 0.05) is 18.1 Å². The summed E-state index contributed by atoms with van der Waals surface area (Å²) in [7, 11) is 0. The van der Waals surface area contributed by atoms with Crippen molar-refractivity contribution in [1.29, 1.82) is 0 Å². The molecule has 2 aromatic rings. The van der Waals surface area contributed by atoms with E-state index in [4.69, 9.17) is 16.7 Å². The van der Waals surface area contributed by atoms with Crippen LogP contribution in [0.5, 0.6) is 0 Å². The number of aromatic nitrogens is 2. The number of halogens is 2. The maximum Gasteiger partial charge on any atom is 0.356 e. The first-order valence-electron chi connectivity index (χ1n) is 5.29. The van der Waals surface area contributed by atoms with Gasteiger partial charge in [-0.05, 0) is 18.2 Å². The minimum Gasteiger partial charge on any atom is -0.476 e. The fourth-order valence-corrected chi connectivity index (χ4v) is 1.61. The van der Waals surface area contributed by atoms with Gasteiger partial charge in [0.15, 0.2) is 11.4 Å². The second-order valence-electron chi connectivity index (χ2n) is 3.64. The zero-order valence-corrected chi connectivity index (χ0v) is 10.6. The highest BCUT2D eigenvalue weighted by molar-refractivity contribution is 6.31. The van der Waals surface area contributed by atoms with Crippen molar-refractivity contribution in [2.45, 2.75) is 0 Å². The van der Waals surface area contributed by atoms with Crippen molar-refractivity contribution in [1.82, 2.24) is 9.97 Å². The van der Waals surface area contributed by atoms with Gasteiger partial charge in [-0.25, -0.2) is 19.2 Å². The molecule has 1 aromatic carbocycles. The molecule has 2 rings (SSSR count). The topological polar surface area (TPSA) is 92.2 Å². The molecule has 0 aliphatic rings. The van der Waals surface area contributed by atoms with Gasteiger partial charge >= 0.3 is 5.97 Å². The van der Waals surface area contributed by atoms with E-state index in [-0.39, 0.29) is 16.4 Å². The Morgan fingerprint density at radius 1 is 1.20 bits per heavy atom. The van der Waals surface area contributed by atoms with Crippen molar-refractivity contribution < 1.29 is 19.1 Å². The number of carbonyl (C=O) groups is 2. The molecule has 0 radical (unpaired) electrons. The Kier molecular flexibility index (Phi) is 3.90. The zero-order valence-electron chi connectivity index (χ0n) is 9.80. The number of amides is 1. The fourth-order valence-electron chi connectivity index (χ4n) is 1.42. The largest absolute Gasteiger partial charge is 0.476 e. The van der Waals surface area contributed by atoms with Gasteiger partial charge in [-0.15, -0.1) is 0 Å². The monoisotopic (exact) mass is 295 g/mol. The number of carboxylic acids is 1. The number of carbonyl (C=O) groups excluding carboxylic acids is 1. The second kappa shape index (κ2) is 5.62. The lowest BCUT2D eigenvalue weighted by Gasteiger charge is -2.06. The third-order valence-corrected chi connectivity index (χ3v) is 2.58. The van der Waals surface area contributed by atoms with E-state index in [9.17, 15) is 14.0 Å². The van der Waals surface area contributed by atoms with Crippen LogP contribution in [0.2, 0.25) is 5.02 Å². The van der Waals surface area contributed by atoms with E-state index >= 15 is 0 Å². The molecule has 2 N–H and O–H groups in total. The van der Waals surface area contributed by atoms with E-state index in [2.05, 4.69) is 15.3 Å². The van der Waals surface area contributed by atoms with Crippen LogP contribution in [0.4, 0.5) is 10.1 Å². The molecule has 0 saturated heterocycles. The summed E-state index contributed by atoms with van der Waals surface area (Å²) in [5.41, 5.74) is -0.609. The summed E-state index contributed by atoms with van der Waals surface area (Å²) < 4.78 is 13.0. The first kappa shape index (κ1) is 13.9. The van der Waals surface area contributed by atoms with Crippen molar-refractivity contribution in [2.75, 3.05) is 5.32 Å². The van der Waals surface area contributed by atoms with Crippen LogP contribution >= 0.6 is 11.6 Å². The standard InChI is InChI=1S/C12H7ClFN3O3/c13-7-5-6(1-2-8(7)14)17-11(18)9-10(12(19)20)16-4-3-15-9/h1-5H,(H,17,18)(H,19,20). The smallest absolute Gasteiger partial charge is 0.356 e. The van der Waals surface area contributed by atoms with Gasteiger partial charge in [-0.3, -0.25) is 4.79 Å². The number of anilines is 1. The van der Waals surface area contributed by atoms with E-state index in [0.29, 0.717) is 0 Å². The molecule has 0 aliphatic heterocycles. The van der Waals surface area contributed by atoms with Crippen LogP contribution in [-0.4, -0.2) is 27.0 Å². The highest BCUT2D eigenvalue weighted by Gasteiger charge is 2.19. The average molecular weight is 296 g/mol. The molecule has 102 valence electrons.